The molecule has 5 rings (SSSR count). The number of thioether (sulfide) groups is 1. The Bertz CT molecular complexity index is 1470. The molecule has 4 aromatic rings. The average molecular weight is 527 g/mol. The number of nitrogens with zero attached hydrogens (tertiary/aromatic N) is 2. The molecular weight excluding hydrogens is 504 g/mol. The number of amidine groups is 1. The Balaban J connectivity index is 1.53. The van der Waals surface area contributed by atoms with Gasteiger partial charge >= 0.3 is 0 Å². The second-order valence-electron chi connectivity index (χ2n) is 8.08. The van der Waals surface area contributed by atoms with Gasteiger partial charge in [-0.15, -0.1) is 0 Å². The molecule has 4 aromatic carbocycles. The van der Waals surface area contributed by atoms with Crippen molar-refractivity contribution in [1.82, 2.24) is 0 Å². The topological polar surface area (TPSA) is 51.1 Å². The lowest BCUT2D eigenvalue weighted by Crippen LogP contribution is -2.28. The van der Waals surface area contributed by atoms with Crippen molar-refractivity contribution in [2.24, 2.45) is 4.99 Å². The molecule has 5 nitrogen and oxygen atoms in total. The predicted molar refractivity (Wildman–Crippen MR) is 152 cm³/mol. The zero-order chi connectivity index (χ0) is 25.6. The van der Waals surface area contributed by atoms with E-state index in [9.17, 15) is 4.79 Å². The van der Waals surface area contributed by atoms with Gasteiger partial charge in [0.25, 0.3) is 5.91 Å². The molecule has 1 saturated heterocycles. The minimum absolute atomic E-state index is 0.161. The summed E-state index contributed by atoms with van der Waals surface area (Å²) in [4.78, 5) is 20.6. The first-order chi connectivity index (χ1) is 18.1. The number of para-hydroxylation sites is 3. The molecule has 0 atom stereocenters. The summed E-state index contributed by atoms with van der Waals surface area (Å²) in [5, 5.41) is 1.20. The number of methoxy groups -OCH3 is 1. The molecule has 0 saturated carbocycles. The predicted octanol–water partition coefficient (Wildman–Crippen LogP) is 7.74. The van der Waals surface area contributed by atoms with E-state index >= 15 is 0 Å². The molecule has 1 fully saturated rings. The maximum atomic E-state index is 13.7. The van der Waals surface area contributed by atoms with Gasteiger partial charge in [0.05, 0.1) is 23.4 Å². The van der Waals surface area contributed by atoms with E-state index in [1.165, 1.54) is 11.8 Å². The summed E-state index contributed by atoms with van der Waals surface area (Å²) in [6.45, 7) is 0.258. The van der Waals surface area contributed by atoms with Gasteiger partial charge in [-0.3, -0.25) is 9.69 Å². The monoisotopic (exact) mass is 526 g/mol. The van der Waals surface area contributed by atoms with E-state index < -0.39 is 0 Å². The minimum Gasteiger partial charge on any atom is -0.493 e. The first-order valence-electron chi connectivity index (χ1n) is 11.6. The fourth-order valence-electron chi connectivity index (χ4n) is 3.83. The van der Waals surface area contributed by atoms with Gasteiger partial charge in [-0.2, -0.15) is 0 Å². The van der Waals surface area contributed by atoms with Crippen LogP contribution in [0.25, 0.3) is 6.08 Å². The van der Waals surface area contributed by atoms with Gasteiger partial charge in [0, 0.05) is 16.1 Å². The Kier molecular flexibility index (Phi) is 7.59. The molecule has 184 valence electrons. The lowest BCUT2D eigenvalue weighted by molar-refractivity contribution is -0.113. The summed E-state index contributed by atoms with van der Waals surface area (Å²) in [6.07, 6.45) is 1.82. The lowest BCUT2D eigenvalue weighted by Gasteiger charge is -2.15. The average Bonchev–Trinajstić information content (AvgIpc) is 3.23. The molecule has 7 heteroatoms. The van der Waals surface area contributed by atoms with Crippen molar-refractivity contribution < 1.29 is 14.3 Å². The fraction of sp³-hybridized carbons (Fsp3) is 0.0667. The highest BCUT2D eigenvalue weighted by Crippen LogP contribution is 2.40. The molecule has 1 amide bonds. The van der Waals surface area contributed by atoms with Gasteiger partial charge in [-0.05, 0) is 54.2 Å². The third-order valence-corrected chi connectivity index (χ3v) is 6.99. The first-order valence-corrected chi connectivity index (χ1v) is 12.8. The van der Waals surface area contributed by atoms with E-state index in [2.05, 4.69) is 0 Å². The third kappa shape index (κ3) is 5.56. The number of amides is 1. The number of aliphatic imine (C=N–C) groups is 1. The smallest absolute Gasteiger partial charge is 0.271 e. The van der Waals surface area contributed by atoms with E-state index in [0.717, 1.165) is 22.5 Å². The first kappa shape index (κ1) is 24.7. The number of rotatable bonds is 7. The molecule has 37 heavy (non-hydrogen) atoms. The largest absolute Gasteiger partial charge is 0.493 e. The number of ether oxygens (including phenoxy) is 2. The van der Waals surface area contributed by atoms with Crippen LogP contribution in [0.4, 0.5) is 11.4 Å². The van der Waals surface area contributed by atoms with Crippen molar-refractivity contribution in [3.63, 3.8) is 0 Å². The van der Waals surface area contributed by atoms with Crippen molar-refractivity contribution >= 4 is 51.9 Å². The second kappa shape index (κ2) is 11.4. The van der Waals surface area contributed by atoms with E-state index in [1.54, 1.807) is 12.0 Å². The molecule has 0 spiro atoms. The molecule has 0 aromatic heterocycles. The molecule has 0 N–H and O–H groups in total. The van der Waals surface area contributed by atoms with Gasteiger partial charge in [-0.25, -0.2) is 4.99 Å². The number of hydrogen-bond acceptors (Lipinski definition) is 5. The molecule has 0 aliphatic carbocycles. The Labute approximate surface area is 225 Å². The van der Waals surface area contributed by atoms with Gasteiger partial charge in [0.1, 0.15) is 6.61 Å². The maximum Gasteiger partial charge on any atom is 0.271 e. The maximum absolute atomic E-state index is 13.7. The van der Waals surface area contributed by atoms with E-state index in [4.69, 9.17) is 26.1 Å². The van der Waals surface area contributed by atoms with Crippen molar-refractivity contribution in [2.45, 2.75) is 6.61 Å². The quantitative estimate of drug-likeness (QED) is 0.231. The van der Waals surface area contributed by atoms with Crippen molar-refractivity contribution in [2.75, 3.05) is 12.0 Å². The van der Waals surface area contributed by atoms with Crippen LogP contribution in [0.1, 0.15) is 11.1 Å². The standard InChI is InChI=1S/C30H23ClN2O3S/c1-35-26-18-10-12-21(28(26)36-20-22-11-8-9-17-25(22)31)19-27-29(34)33(24-15-6-3-7-16-24)30(37-27)32-23-13-4-2-5-14-23/h2-19H,20H2,1H3/b27-19+,32-30?. The van der Waals surface area contributed by atoms with Gasteiger partial charge in [-0.1, -0.05) is 78.3 Å². The summed E-state index contributed by atoms with van der Waals surface area (Å²) >= 11 is 7.65. The van der Waals surface area contributed by atoms with Crippen LogP contribution in [0.15, 0.2) is 113 Å². The molecule has 0 radical (unpaired) electrons. The highest BCUT2D eigenvalue weighted by molar-refractivity contribution is 8.19. The van der Waals surface area contributed by atoms with Crippen molar-refractivity contribution in [3.05, 3.63) is 124 Å². The summed E-state index contributed by atoms with van der Waals surface area (Å²) in [5.74, 6) is 0.936. The van der Waals surface area contributed by atoms with Crippen molar-refractivity contribution in [1.29, 1.82) is 0 Å². The number of hydrogen-bond donors (Lipinski definition) is 0. The van der Waals surface area contributed by atoms with Gasteiger partial charge in [0.15, 0.2) is 16.7 Å². The van der Waals surface area contributed by atoms with Crippen LogP contribution in [0, 0.1) is 0 Å². The number of halogens is 1. The third-order valence-electron chi connectivity index (χ3n) is 5.65. The molecule has 1 aliphatic heterocycles. The van der Waals surface area contributed by atoms with Crippen LogP contribution in [-0.2, 0) is 11.4 Å². The summed E-state index contributed by atoms with van der Waals surface area (Å²) < 4.78 is 11.8. The van der Waals surface area contributed by atoms with Crippen LogP contribution >= 0.6 is 23.4 Å². The highest BCUT2D eigenvalue weighted by atomic mass is 35.5. The summed E-state index contributed by atoms with van der Waals surface area (Å²) in [7, 11) is 1.59. The number of carbonyl (C=O) groups is 1. The van der Waals surface area contributed by atoms with E-state index in [0.29, 0.717) is 26.6 Å². The van der Waals surface area contributed by atoms with Crippen LogP contribution in [-0.4, -0.2) is 18.2 Å². The van der Waals surface area contributed by atoms with E-state index in [1.807, 2.05) is 109 Å². The number of carbonyl (C=O) groups excluding carboxylic acids is 1. The number of anilines is 1. The Morgan fingerprint density at radius 3 is 2.32 bits per heavy atom. The van der Waals surface area contributed by atoms with Gasteiger partial charge in [0.2, 0.25) is 0 Å². The molecule has 0 bridgehead atoms. The second-order valence-corrected chi connectivity index (χ2v) is 9.49. The Morgan fingerprint density at radius 2 is 1.59 bits per heavy atom. The highest BCUT2D eigenvalue weighted by Gasteiger charge is 2.35. The molecule has 1 heterocycles. The SMILES string of the molecule is COc1cccc(/C=C2/SC(=Nc3ccccc3)N(c3ccccc3)C2=O)c1OCc1ccccc1Cl. The van der Waals surface area contributed by atoms with Crippen LogP contribution in [0.5, 0.6) is 11.5 Å². The van der Waals surface area contributed by atoms with E-state index in [-0.39, 0.29) is 12.5 Å². The summed E-state index contributed by atoms with van der Waals surface area (Å²) in [6, 6.07) is 32.2. The van der Waals surface area contributed by atoms with Crippen LogP contribution in [0.2, 0.25) is 5.02 Å². The number of benzene rings is 4. The Morgan fingerprint density at radius 1 is 0.892 bits per heavy atom. The van der Waals surface area contributed by atoms with Crippen LogP contribution < -0.4 is 14.4 Å². The van der Waals surface area contributed by atoms with Gasteiger partial charge < -0.3 is 9.47 Å². The van der Waals surface area contributed by atoms with Crippen LogP contribution in [0.3, 0.4) is 0 Å². The fourth-order valence-corrected chi connectivity index (χ4v) is 5.02. The molecule has 1 aliphatic rings. The zero-order valence-corrected chi connectivity index (χ0v) is 21.6. The minimum atomic E-state index is -0.161. The summed E-state index contributed by atoms with van der Waals surface area (Å²) in [5.41, 5.74) is 3.09. The molecular formula is C30H23ClN2O3S. The van der Waals surface area contributed by atoms with Crippen molar-refractivity contribution in [3.8, 4) is 11.5 Å². The normalized spacial score (nSPS) is 15.4. The lowest BCUT2D eigenvalue weighted by atomic mass is 10.1. The Hall–Kier alpha value is -4.00. The zero-order valence-electron chi connectivity index (χ0n) is 20.0. The molecule has 0 unspecified atom stereocenters.